The van der Waals surface area contributed by atoms with Gasteiger partial charge in [0.25, 0.3) is 0 Å². The van der Waals surface area contributed by atoms with Crippen molar-refractivity contribution in [1.82, 2.24) is 26.2 Å². The number of hydrogen-bond acceptors (Lipinski definition) is 19. The lowest BCUT2D eigenvalue weighted by Crippen LogP contribution is -2.64. The molecule has 0 bridgehead atoms. The Labute approximate surface area is 474 Å². The standard InChI is InChI=1S/C58H90BrN5O15/c1-3-39-31-42(44(66)17-10-20-63-33-38-18-19-41(43(59)29-38)34-64-27-12-23-61-25-24-60-21-11-22-62-26-28-64)32-45(52(39)79-57-51(70)50(69)48(67)36(2)74-57)76-58-54(78-56(73)40-15-8-5-9-16-40)53(49(68)47(35-65)77-58)75-46(55(71)72)30-37-13-6-4-7-14-37/h5,8-9,15-16,18-19,29,36-37,39,42,45-54,57-58,60-63,65,67-70H,3-4,6-7,10-14,17,20-28,30-35H2,1-2H3,(H,71,72)/t36?,39?,42?,45?,46-,47?,48?,49?,50?,51?,52?,53?,54?,57?,58?/m0/s1. The summed E-state index contributed by atoms with van der Waals surface area (Å²) < 4.78 is 39.1. The molecule has 2 aliphatic carbocycles. The van der Waals surface area contributed by atoms with Gasteiger partial charge in [0.2, 0.25) is 0 Å². The first-order valence-electron chi connectivity index (χ1n) is 29.2. The van der Waals surface area contributed by atoms with Gasteiger partial charge in [-0.1, -0.05) is 91.7 Å². The number of aliphatic carboxylic acids is 1. The van der Waals surface area contributed by atoms with Crippen LogP contribution >= 0.6 is 15.9 Å². The highest BCUT2D eigenvalue weighted by molar-refractivity contribution is 9.10. The van der Waals surface area contributed by atoms with Crippen LogP contribution in [0.5, 0.6) is 0 Å². The van der Waals surface area contributed by atoms with Crippen molar-refractivity contribution in [3.8, 4) is 0 Å². The fourth-order valence-electron chi connectivity index (χ4n) is 11.8. The van der Waals surface area contributed by atoms with E-state index in [1.165, 1.54) is 17.7 Å². The van der Waals surface area contributed by atoms with Gasteiger partial charge in [-0.3, -0.25) is 9.69 Å². The number of Topliss-reactive ketones (excluding diaryl/α,β-unsaturated/α-hetero) is 1. The van der Waals surface area contributed by atoms with Crippen LogP contribution in [-0.4, -0.2) is 198 Å². The molecule has 7 rings (SSSR count). The lowest BCUT2D eigenvalue weighted by Gasteiger charge is -2.49. The smallest absolute Gasteiger partial charge is 0.338 e. The number of hydrogen-bond donors (Lipinski definition) is 10. The number of ketones is 1. The molecule has 21 heteroatoms. The Balaban J connectivity index is 1.05. The molecule has 15 atom stereocenters. The van der Waals surface area contributed by atoms with E-state index in [2.05, 4.69) is 60.3 Å². The van der Waals surface area contributed by atoms with Gasteiger partial charge in [-0.15, -0.1) is 0 Å². The summed E-state index contributed by atoms with van der Waals surface area (Å²) in [5.41, 5.74) is 2.48. The number of nitrogens with one attached hydrogen (secondary N) is 4. The molecule has 14 unspecified atom stereocenters. The third-order valence-electron chi connectivity index (χ3n) is 16.5. The Morgan fingerprint density at radius 3 is 2.24 bits per heavy atom. The first kappa shape index (κ1) is 63.5. The zero-order valence-corrected chi connectivity index (χ0v) is 47.8. The van der Waals surface area contributed by atoms with Crippen molar-refractivity contribution < 1.29 is 73.4 Å². The van der Waals surface area contributed by atoms with Crippen LogP contribution in [0.2, 0.25) is 0 Å². The Morgan fingerprint density at radius 2 is 1.53 bits per heavy atom. The van der Waals surface area contributed by atoms with Gasteiger partial charge >= 0.3 is 11.9 Å². The molecule has 0 amide bonds. The number of carbonyl (C=O) groups excluding carboxylic acids is 2. The average Bonchev–Trinajstić information content (AvgIpc) is 3.62. The van der Waals surface area contributed by atoms with Crippen LogP contribution in [0.1, 0.15) is 119 Å². The van der Waals surface area contributed by atoms with Crippen molar-refractivity contribution in [3.63, 3.8) is 0 Å². The number of carboxylic acid groups (broad SMARTS) is 1. The van der Waals surface area contributed by atoms with Crippen LogP contribution in [0.25, 0.3) is 0 Å². The first-order chi connectivity index (χ1) is 38.2. The number of carboxylic acids is 1. The number of rotatable bonds is 22. The molecular formula is C58H90BrN5O15. The van der Waals surface area contributed by atoms with Crippen LogP contribution in [0.4, 0.5) is 0 Å². The number of halogens is 1. The fraction of sp³-hybridized carbons (Fsp3) is 0.741. The zero-order chi connectivity index (χ0) is 56.3. The van der Waals surface area contributed by atoms with Crippen molar-refractivity contribution >= 4 is 33.7 Å². The Hall–Kier alpha value is -3.07. The number of nitrogens with zero attached hydrogens (tertiary/aromatic N) is 1. The molecule has 3 saturated heterocycles. The second-order valence-corrected chi connectivity index (χ2v) is 23.2. The molecule has 79 heavy (non-hydrogen) atoms. The van der Waals surface area contributed by atoms with Gasteiger partial charge in [0, 0.05) is 56.1 Å². The van der Waals surface area contributed by atoms with Crippen LogP contribution < -0.4 is 21.3 Å². The van der Waals surface area contributed by atoms with Crippen molar-refractivity contribution in [2.75, 3.05) is 65.5 Å². The Bertz CT molecular complexity index is 2130. The van der Waals surface area contributed by atoms with Crippen molar-refractivity contribution in [1.29, 1.82) is 0 Å². The summed E-state index contributed by atoms with van der Waals surface area (Å²) in [5.74, 6) is -3.02. The Morgan fingerprint density at radius 1 is 0.797 bits per heavy atom. The molecule has 3 heterocycles. The highest BCUT2D eigenvalue weighted by Gasteiger charge is 2.54. The topological polar surface area (TPSA) is 279 Å². The normalized spacial score (nSPS) is 32.6. The summed E-state index contributed by atoms with van der Waals surface area (Å²) >= 11 is 3.85. The van der Waals surface area contributed by atoms with E-state index in [0.717, 1.165) is 114 Å². The molecule has 0 radical (unpaired) electrons. The first-order valence-corrected chi connectivity index (χ1v) is 30.0. The second-order valence-electron chi connectivity index (χ2n) is 22.3. The summed E-state index contributed by atoms with van der Waals surface area (Å²) in [6, 6.07) is 14.6. The van der Waals surface area contributed by atoms with Gasteiger partial charge in [-0.25, -0.2) is 9.59 Å². The van der Waals surface area contributed by atoms with E-state index < -0.39 is 110 Å². The molecule has 20 nitrogen and oxygen atoms in total. The maximum Gasteiger partial charge on any atom is 0.338 e. The van der Waals surface area contributed by atoms with E-state index in [4.69, 9.17) is 28.4 Å². The molecule has 2 saturated carbocycles. The maximum atomic E-state index is 14.4. The van der Waals surface area contributed by atoms with Gasteiger partial charge in [0.1, 0.15) is 42.4 Å². The molecule has 5 fully saturated rings. The Kier molecular flexibility index (Phi) is 26.3. The molecule has 2 aromatic carbocycles. The predicted molar refractivity (Wildman–Crippen MR) is 297 cm³/mol. The van der Waals surface area contributed by atoms with E-state index >= 15 is 0 Å². The predicted octanol–water partition coefficient (Wildman–Crippen LogP) is 3.40. The summed E-state index contributed by atoms with van der Waals surface area (Å²) in [6.45, 7) is 12.6. The molecule has 5 aliphatic rings. The van der Waals surface area contributed by atoms with Crippen molar-refractivity contribution in [3.05, 3.63) is 69.7 Å². The lowest BCUT2D eigenvalue weighted by atomic mass is 9.74. The highest BCUT2D eigenvalue weighted by Crippen LogP contribution is 2.41. The molecule has 0 aromatic heterocycles. The molecule has 0 spiro atoms. The number of carbonyl (C=O) groups is 3. The van der Waals surface area contributed by atoms with E-state index in [9.17, 15) is 45.0 Å². The number of esters is 1. The summed E-state index contributed by atoms with van der Waals surface area (Å²) in [4.78, 5) is 43.8. The summed E-state index contributed by atoms with van der Waals surface area (Å²) in [7, 11) is 0. The highest BCUT2D eigenvalue weighted by atomic mass is 79.9. The summed E-state index contributed by atoms with van der Waals surface area (Å²) in [5, 5.41) is 79.6. The van der Waals surface area contributed by atoms with Gasteiger partial charge in [0.15, 0.2) is 24.8 Å². The third-order valence-corrected chi connectivity index (χ3v) is 17.2. The average molecular weight is 1180 g/mol. The minimum Gasteiger partial charge on any atom is -0.479 e. The van der Waals surface area contributed by atoms with E-state index in [1.54, 1.807) is 25.1 Å². The molecule has 3 aliphatic heterocycles. The quantitative estimate of drug-likeness (QED) is 0.0598. The number of ether oxygens (including phenoxy) is 6. The zero-order valence-electron chi connectivity index (χ0n) is 46.2. The van der Waals surface area contributed by atoms with E-state index in [-0.39, 0.29) is 36.5 Å². The van der Waals surface area contributed by atoms with Gasteiger partial charge in [-0.05, 0) is 119 Å². The second kappa shape index (κ2) is 32.7. The third kappa shape index (κ3) is 18.7. The number of aliphatic hydroxyl groups excluding tert-OH is 5. The largest absolute Gasteiger partial charge is 0.479 e. The van der Waals surface area contributed by atoms with Crippen molar-refractivity contribution in [2.24, 2.45) is 17.8 Å². The molecular weight excluding hydrogens is 1090 g/mol. The van der Waals surface area contributed by atoms with Gasteiger partial charge in [-0.2, -0.15) is 0 Å². The minimum absolute atomic E-state index is 0.00947. The fourth-order valence-corrected chi connectivity index (χ4v) is 12.4. The van der Waals surface area contributed by atoms with Crippen LogP contribution in [-0.2, 0) is 51.1 Å². The molecule has 2 aromatic rings. The molecule has 10 N–H and O–H groups in total. The van der Waals surface area contributed by atoms with E-state index in [0.29, 0.717) is 32.4 Å². The summed E-state index contributed by atoms with van der Waals surface area (Å²) in [6.07, 6.45) is -9.68. The number of benzene rings is 2. The monoisotopic (exact) mass is 1180 g/mol. The van der Waals surface area contributed by atoms with Crippen LogP contribution in [0, 0.1) is 17.8 Å². The van der Waals surface area contributed by atoms with E-state index in [1.807, 2.05) is 6.92 Å². The van der Waals surface area contributed by atoms with Crippen LogP contribution in [0.3, 0.4) is 0 Å². The van der Waals surface area contributed by atoms with Crippen LogP contribution in [0.15, 0.2) is 53.0 Å². The lowest BCUT2D eigenvalue weighted by molar-refractivity contribution is -0.349. The van der Waals surface area contributed by atoms with Gasteiger partial charge in [0.05, 0.1) is 30.5 Å². The SMILES string of the molecule is CCC1CC(C(=O)CCCNCc2ccc(CN3CCCNCCNCCCNCC3)c(Br)c2)CC(OC2OC(CO)C(O)C(O[C@@H](CC3CCCCC3)C(=O)O)C2OC(=O)c2ccccc2)C1OC1OC(C)C(O)C(O)C1O. The van der Waals surface area contributed by atoms with Gasteiger partial charge < -0.3 is 80.3 Å². The minimum atomic E-state index is -1.68. The maximum absolute atomic E-state index is 14.4. The number of aliphatic hydroxyl groups is 5. The molecule has 444 valence electrons. The van der Waals surface area contributed by atoms with Crippen molar-refractivity contribution in [2.45, 2.75) is 190 Å².